The first kappa shape index (κ1) is 20.7. The van der Waals surface area contributed by atoms with Gasteiger partial charge in [0.1, 0.15) is 5.71 Å². The van der Waals surface area contributed by atoms with Crippen LogP contribution in [0.4, 0.5) is 5.69 Å². The molecule has 4 aromatic rings. The van der Waals surface area contributed by atoms with E-state index in [1.54, 1.807) is 42.5 Å². The maximum absolute atomic E-state index is 12.6. The first-order valence-electron chi connectivity index (χ1n) is 9.87. The molecule has 0 aliphatic carbocycles. The van der Waals surface area contributed by atoms with Gasteiger partial charge in [-0.25, -0.2) is 4.79 Å². The highest BCUT2D eigenvalue weighted by Crippen LogP contribution is 2.20. The molecular weight excluding hydrogens is 404 g/mol. The lowest BCUT2D eigenvalue weighted by Crippen LogP contribution is -2.05. The Bertz CT molecular complexity index is 1340. The van der Waals surface area contributed by atoms with E-state index in [9.17, 15) is 14.9 Å². The molecule has 0 aromatic heterocycles. The van der Waals surface area contributed by atoms with Crippen molar-refractivity contribution in [2.75, 3.05) is 0 Å². The summed E-state index contributed by atoms with van der Waals surface area (Å²) in [5.74, 6) is -0.594. The number of nitro benzene ring substituents is 1. The van der Waals surface area contributed by atoms with E-state index in [2.05, 4.69) is 5.16 Å². The van der Waals surface area contributed by atoms with Crippen LogP contribution in [0.15, 0.2) is 108 Å². The molecule has 0 aliphatic rings. The second-order valence-corrected chi connectivity index (χ2v) is 6.93. The van der Waals surface area contributed by atoms with Crippen LogP contribution in [0, 0.1) is 10.1 Å². The molecule has 6 heteroatoms. The SMILES string of the molecule is O=C(O/N=C(\C=C\c1ccccc1[N+](=O)[O-])c1ccccc1)c1ccc2ccccc2c1. The van der Waals surface area contributed by atoms with Crippen LogP contribution in [0.3, 0.4) is 0 Å². The van der Waals surface area contributed by atoms with E-state index in [0.29, 0.717) is 22.4 Å². The highest BCUT2D eigenvalue weighted by atomic mass is 16.7. The molecule has 0 aliphatic heterocycles. The number of benzene rings is 4. The molecule has 32 heavy (non-hydrogen) atoms. The molecule has 4 rings (SSSR count). The molecule has 4 aromatic carbocycles. The Kier molecular flexibility index (Phi) is 6.13. The number of fused-ring (bicyclic) bond motifs is 1. The van der Waals surface area contributed by atoms with Gasteiger partial charge in [0.15, 0.2) is 0 Å². The van der Waals surface area contributed by atoms with Crippen molar-refractivity contribution in [3.63, 3.8) is 0 Å². The summed E-state index contributed by atoms with van der Waals surface area (Å²) < 4.78 is 0. The second-order valence-electron chi connectivity index (χ2n) is 6.93. The van der Waals surface area contributed by atoms with E-state index in [-0.39, 0.29) is 5.69 Å². The molecule has 0 fully saturated rings. The average molecular weight is 422 g/mol. The summed E-state index contributed by atoms with van der Waals surface area (Å²) in [5.41, 5.74) is 1.83. The van der Waals surface area contributed by atoms with Gasteiger partial charge in [-0.1, -0.05) is 78.0 Å². The number of rotatable bonds is 6. The maximum atomic E-state index is 12.6. The van der Waals surface area contributed by atoms with E-state index in [1.807, 2.05) is 60.7 Å². The third-order valence-corrected chi connectivity index (χ3v) is 4.84. The largest absolute Gasteiger partial charge is 0.365 e. The van der Waals surface area contributed by atoms with Crippen LogP contribution >= 0.6 is 0 Å². The van der Waals surface area contributed by atoms with Crippen LogP contribution in [0.25, 0.3) is 16.8 Å². The molecule has 0 N–H and O–H groups in total. The van der Waals surface area contributed by atoms with Gasteiger partial charge in [0, 0.05) is 11.6 Å². The van der Waals surface area contributed by atoms with Gasteiger partial charge in [-0.2, -0.15) is 0 Å². The average Bonchev–Trinajstić information content (AvgIpc) is 2.84. The molecule has 6 nitrogen and oxygen atoms in total. The van der Waals surface area contributed by atoms with Crippen LogP contribution < -0.4 is 0 Å². The predicted molar refractivity (Wildman–Crippen MR) is 124 cm³/mol. The van der Waals surface area contributed by atoms with Gasteiger partial charge in [-0.15, -0.1) is 0 Å². The van der Waals surface area contributed by atoms with Gasteiger partial charge in [0.25, 0.3) is 5.69 Å². The highest BCUT2D eigenvalue weighted by Gasteiger charge is 2.12. The van der Waals surface area contributed by atoms with Crippen molar-refractivity contribution in [2.24, 2.45) is 5.16 Å². The van der Waals surface area contributed by atoms with Crippen molar-refractivity contribution in [1.82, 2.24) is 0 Å². The number of para-hydroxylation sites is 1. The van der Waals surface area contributed by atoms with Crippen molar-refractivity contribution in [3.05, 3.63) is 130 Å². The second kappa shape index (κ2) is 9.49. The molecule has 0 bridgehead atoms. The number of nitro groups is 1. The number of hydrogen-bond donors (Lipinski definition) is 0. The van der Waals surface area contributed by atoms with Crippen LogP contribution in [0.2, 0.25) is 0 Å². The Balaban J connectivity index is 1.63. The number of hydrogen-bond acceptors (Lipinski definition) is 5. The Labute approximate surface area is 184 Å². The van der Waals surface area contributed by atoms with Crippen LogP contribution in [-0.2, 0) is 4.84 Å². The van der Waals surface area contributed by atoms with Crippen LogP contribution in [0.1, 0.15) is 21.5 Å². The summed E-state index contributed by atoms with van der Waals surface area (Å²) in [4.78, 5) is 28.7. The van der Waals surface area contributed by atoms with Gasteiger partial charge in [-0.05, 0) is 41.1 Å². The Morgan fingerprint density at radius 3 is 2.28 bits per heavy atom. The summed E-state index contributed by atoms with van der Waals surface area (Å²) in [5, 5.41) is 17.3. The molecule has 0 saturated carbocycles. The Morgan fingerprint density at radius 2 is 1.50 bits per heavy atom. The fourth-order valence-electron chi connectivity index (χ4n) is 3.21. The molecule has 0 radical (unpaired) electrons. The van der Waals surface area contributed by atoms with Gasteiger partial charge in [-0.3, -0.25) is 10.1 Å². The summed E-state index contributed by atoms with van der Waals surface area (Å²) >= 11 is 0. The zero-order valence-electron chi connectivity index (χ0n) is 16.9. The van der Waals surface area contributed by atoms with Crippen molar-refractivity contribution < 1.29 is 14.6 Å². The summed E-state index contributed by atoms with van der Waals surface area (Å²) in [6, 6.07) is 28.5. The molecule has 156 valence electrons. The minimum atomic E-state index is -0.594. The van der Waals surface area contributed by atoms with Crippen molar-refractivity contribution in [2.45, 2.75) is 0 Å². The predicted octanol–water partition coefficient (Wildman–Crippen LogP) is 6.02. The van der Waals surface area contributed by atoms with Crippen molar-refractivity contribution >= 4 is 34.2 Å². The zero-order valence-corrected chi connectivity index (χ0v) is 16.9. The number of oxime groups is 1. The maximum Gasteiger partial charge on any atom is 0.365 e. The fourth-order valence-corrected chi connectivity index (χ4v) is 3.21. The van der Waals surface area contributed by atoms with Crippen molar-refractivity contribution in [3.8, 4) is 0 Å². The molecule has 0 unspecified atom stereocenters. The van der Waals surface area contributed by atoms with Crippen molar-refractivity contribution in [1.29, 1.82) is 0 Å². The zero-order chi connectivity index (χ0) is 22.3. The molecule has 0 amide bonds. The molecule has 0 spiro atoms. The lowest BCUT2D eigenvalue weighted by Gasteiger charge is -2.04. The highest BCUT2D eigenvalue weighted by molar-refractivity contribution is 6.11. The first-order chi connectivity index (χ1) is 15.6. The number of nitrogens with zero attached hydrogens (tertiary/aromatic N) is 2. The standard InChI is InChI=1S/C26H18N2O4/c29-26(23-15-14-19-8-4-5-12-22(19)18-23)32-27-24(20-9-2-1-3-10-20)17-16-21-11-6-7-13-25(21)28(30)31/h1-18H/b17-16+,27-24+. The van der Waals surface area contributed by atoms with E-state index in [4.69, 9.17) is 4.84 Å². The van der Waals surface area contributed by atoms with E-state index < -0.39 is 10.9 Å². The molecule has 0 saturated heterocycles. The van der Waals surface area contributed by atoms with E-state index >= 15 is 0 Å². The number of allylic oxidation sites excluding steroid dienone is 1. The summed E-state index contributed by atoms with van der Waals surface area (Å²) in [6.07, 6.45) is 3.17. The minimum absolute atomic E-state index is 0.0238. The quantitative estimate of drug-likeness (QED) is 0.165. The number of carbonyl (C=O) groups is 1. The van der Waals surface area contributed by atoms with Gasteiger partial charge in [0.05, 0.1) is 16.1 Å². The lowest BCUT2D eigenvalue weighted by molar-refractivity contribution is -0.385. The Hall–Kier alpha value is -4.58. The van der Waals surface area contributed by atoms with Crippen LogP contribution in [-0.4, -0.2) is 16.6 Å². The Morgan fingerprint density at radius 1 is 0.812 bits per heavy atom. The monoisotopic (exact) mass is 422 g/mol. The van der Waals surface area contributed by atoms with Gasteiger partial charge >= 0.3 is 5.97 Å². The fraction of sp³-hybridized carbons (Fsp3) is 0. The van der Waals surface area contributed by atoms with E-state index in [0.717, 1.165) is 10.8 Å². The summed E-state index contributed by atoms with van der Waals surface area (Å²) in [6.45, 7) is 0. The smallest absolute Gasteiger partial charge is 0.312 e. The topological polar surface area (TPSA) is 81.8 Å². The van der Waals surface area contributed by atoms with Gasteiger partial charge in [0.2, 0.25) is 0 Å². The van der Waals surface area contributed by atoms with Gasteiger partial charge < -0.3 is 4.84 Å². The first-order valence-corrected chi connectivity index (χ1v) is 9.87. The molecule has 0 atom stereocenters. The van der Waals surface area contributed by atoms with E-state index in [1.165, 1.54) is 6.07 Å². The summed E-state index contributed by atoms with van der Waals surface area (Å²) in [7, 11) is 0. The molecular formula is C26H18N2O4. The minimum Gasteiger partial charge on any atom is -0.312 e. The normalized spacial score (nSPS) is 11.6. The third-order valence-electron chi connectivity index (χ3n) is 4.84. The number of carbonyl (C=O) groups excluding carboxylic acids is 1. The molecule has 0 heterocycles. The third kappa shape index (κ3) is 4.76. The lowest BCUT2D eigenvalue weighted by atomic mass is 10.1. The van der Waals surface area contributed by atoms with Crippen LogP contribution in [0.5, 0.6) is 0 Å².